The zero-order chi connectivity index (χ0) is 12.3. The van der Waals surface area contributed by atoms with Gasteiger partial charge in [-0.05, 0) is 52.2 Å². The van der Waals surface area contributed by atoms with Gasteiger partial charge < -0.3 is 5.73 Å². The third-order valence-corrected chi connectivity index (χ3v) is 3.11. The molecule has 0 saturated carbocycles. The van der Waals surface area contributed by atoms with Gasteiger partial charge in [-0.25, -0.2) is 4.39 Å². The fourth-order valence-corrected chi connectivity index (χ4v) is 2.05. The molecule has 0 spiro atoms. The van der Waals surface area contributed by atoms with Gasteiger partial charge in [0.2, 0.25) is 0 Å². The van der Waals surface area contributed by atoms with Gasteiger partial charge in [0.05, 0.1) is 16.2 Å². The van der Waals surface area contributed by atoms with Crippen molar-refractivity contribution >= 4 is 15.9 Å². The van der Waals surface area contributed by atoms with Gasteiger partial charge in [0.15, 0.2) is 0 Å². The van der Waals surface area contributed by atoms with Crippen molar-refractivity contribution in [3.8, 4) is 0 Å². The molecule has 0 bridgehead atoms. The fraction of sp³-hybridized carbons (Fsp3) is 0.154. The van der Waals surface area contributed by atoms with E-state index in [0.29, 0.717) is 10.9 Å². The summed E-state index contributed by atoms with van der Waals surface area (Å²) in [6.45, 7) is 0. The van der Waals surface area contributed by atoms with Crippen LogP contribution >= 0.6 is 15.9 Å². The molecular weight excluding hydrogens is 283 g/mol. The van der Waals surface area contributed by atoms with Crippen molar-refractivity contribution in [1.82, 2.24) is 4.98 Å². The Morgan fingerprint density at radius 2 is 2.12 bits per heavy atom. The number of rotatable bonds is 3. The average Bonchev–Trinajstić information content (AvgIpc) is 2.35. The smallest absolute Gasteiger partial charge is 0.137 e. The Bertz CT molecular complexity index is 502. The van der Waals surface area contributed by atoms with E-state index < -0.39 is 0 Å². The number of hydrogen-bond acceptors (Lipinski definition) is 2. The number of benzene rings is 1. The van der Waals surface area contributed by atoms with E-state index in [0.717, 1.165) is 11.3 Å². The number of halogens is 2. The molecule has 1 aromatic heterocycles. The van der Waals surface area contributed by atoms with Crippen LogP contribution in [-0.2, 0) is 6.42 Å². The number of nitrogens with zero attached hydrogens (tertiary/aromatic N) is 1. The fourth-order valence-electron chi connectivity index (χ4n) is 1.62. The summed E-state index contributed by atoms with van der Waals surface area (Å²) in [5.74, 6) is -0.264. The molecule has 0 radical (unpaired) electrons. The van der Waals surface area contributed by atoms with Crippen LogP contribution in [0, 0.1) is 5.82 Å². The highest BCUT2D eigenvalue weighted by atomic mass is 79.9. The first-order valence-corrected chi connectivity index (χ1v) is 6.06. The number of hydrogen-bond donors (Lipinski definition) is 1. The highest BCUT2D eigenvalue weighted by molar-refractivity contribution is 9.10. The first kappa shape index (κ1) is 12.2. The number of nitrogens with two attached hydrogens (primary N) is 1. The molecule has 1 heterocycles. The lowest BCUT2D eigenvalue weighted by molar-refractivity contribution is 0.618. The zero-order valence-corrected chi connectivity index (χ0v) is 10.7. The standard InChI is InChI=1S/C13H12BrFN2/c14-10-7-9(4-5-11(10)15)8-12(16)13-3-1-2-6-17-13/h1-7,12H,8,16H2. The van der Waals surface area contributed by atoms with Gasteiger partial charge in [-0.2, -0.15) is 0 Å². The predicted octanol–water partition coefficient (Wildman–Crippen LogP) is 3.23. The minimum Gasteiger partial charge on any atom is -0.322 e. The van der Waals surface area contributed by atoms with Gasteiger partial charge >= 0.3 is 0 Å². The molecule has 0 aliphatic rings. The summed E-state index contributed by atoms with van der Waals surface area (Å²) < 4.78 is 13.5. The third-order valence-electron chi connectivity index (χ3n) is 2.51. The highest BCUT2D eigenvalue weighted by Gasteiger charge is 2.09. The van der Waals surface area contributed by atoms with Crippen LogP contribution in [0.5, 0.6) is 0 Å². The molecule has 0 aliphatic carbocycles. The molecule has 17 heavy (non-hydrogen) atoms. The zero-order valence-electron chi connectivity index (χ0n) is 9.11. The van der Waals surface area contributed by atoms with Gasteiger partial charge in [-0.1, -0.05) is 12.1 Å². The van der Waals surface area contributed by atoms with Crippen molar-refractivity contribution in [2.45, 2.75) is 12.5 Å². The molecule has 0 amide bonds. The predicted molar refractivity (Wildman–Crippen MR) is 69.0 cm³/mol. The second-order valence-electron chi connectivity index (χ2n) is 3.81. The van der Waals surface area contributed by atoms with Crippen LogP contribution < -0.4 is 5.73 Å². The van der Waals surface area contributed by atoms with Crippen LogP contribution in [0.4, 0.5) is 4.39 Å². The average molecular weight is 295 g/mol. The largest absolute Gasteiger partial charge is 0.322 e. The van der Waals surface area contributed by atoms with Crippen LogP contribution in [0.1, 0.15) is 17.3 Å². The molecule has 4 heteroatoms. The maximum Gasteiger partial charge on any atom is 0.137 e. The van der Waals surface area contributed by atoms with E-state index in [1.54, 1.807) is 18.3 Å². The van der Waals surface area contributed by atoms with Crippen LogP contribution in [0.25, 0.3) is 0 Å². The van der Waals surface area contributed by atoms with Crippen molar-refractivity contribution in [2.24, 2.45) is 5.73 Å². The van der Waals surface area contributed by atoms with Crippen molar-refractivity contribution in [3.05, 3.63) is 64.1 Å². The first-order valence-electron chi connectivity index (χ1n) is 5.27. The van der Waals surface area contributed by atoms with E-state index in [1.807, 2.05) is 18.2 Å². The number of pyridine rings is 1. The quantitative estimate of drug-likeness (QED) is 0.944. The van der Waals surface area contributed by atoms with Crippen LogP contribution in [0.2, 0.25) is 0 Å². The molecule has 0 aliphatic heterocycles. The molecule has 0 saturated heterocycles. The van der Waals surface area contributed by atoms with E-state index in [1.165, 1.54) is 6.07 Å². The summed E-state index contributed by atoms with van der Waals surface area (Å²) in [6.07, 6.45) is 2.35. The summed E-state index contributed by atoms with van der Waals surface area (Å²) >= 11 is 3.16. The molecule has 0 fully saturated rings. The van der Waals surface area contributed by atoms with Gasteiger partial charge in [0.25, 0.3) is 0 Å². The molecule has 88 valence electrons. The van der Waals surface area contributed by atoms with E-state index in [-0.39, 0.29) is 11.9 Å². The topological polar surface area (TPSA) is 38.9 Å². The molecule has 2 rings (SSSR count). The molecule has 1 aromatic carbocycles. The Labute approximate surface area is 108 Å². The minimum atomic E-state index is -0.264. The summed E-state index contributed by atoms with van der Waals surface area (Å²) in [5.41, 5.74) is 7.87. The molecule has 2 aromatic rings. The summed E-state index contributed by atoms with van der Waals surface area (Å²) in [6, 6.07) is 10.4. The Kier molecular flexibility index (Phi) is 3.86. The van der Waals surface area contributed by atoms with E-state index >= 15 is 0 Å². The summed E-state index contributed by atoms with van der Waals surface area (Å²) in [4.78, 5) is 4.20. The normalized spacial score (nSPS) is 12.4. The Morgan fingerprint density at radius 3 is 2.76 bits per heavy atom. The van der Waals surface area contributed by atoms with E-state index in [2.05, 4.69) is 20.9 Å². The van der Waals surface area contributed by atoms with Crippen LogP contribution in [0.15, 0.2) is 47.1 Å². The molecule has 2 nitrogen and oxygen atoms in total. The second-order valence-corrected chi connectivity index (χ2v) is 4.67. The first-order chi connectivity index (χ1) is 8.16. The molecule has 1 atom stereocenters. The van der Waals surface area contributed by atoms with Gasteiger partial charge in [-0.15, -0.1) is 0 Å². The maximum atomic E-state index is 13.1. The van der Waals surface area contributed by atoms with Crippen molar-refractivity contribution in [2.75, 3.05) is 0 Å². The third kappa shape index (κ3) is 3.11. The second kappa shape index (κ2) is 5.38. The number of aromatic nitrogens is 1. The van der Waals surface area contributed by atoms with Gasteiger partial charge in [-0.3, -0.25) is 4.98 Å². The lowest BCUT2D eigenvalue weighted by atomic mass is 10.0. The maximum absolute atomic E-state index is 13.1. The van der Waals surface area contributed by atoms with Gasteiger partial charge in [0.1, 0.15) is 5.82 Å². The minimum absolute atomic E-state index is 0.173. The Morgan fingerprint density at radius 1 is 1.29 bits per heavy atom. The van der Waals surface area contributed by atoms with Gasteiger partial charge in [0, 0.05) is 6.20 Å². The SMILES string of the molecule is NC(Cc1ccc(F)c(Br)c1)c1ccccn1. The van der Waals surface area contributed by atoms with E-state index in [4.69, 9.17) is 5.73 Å². The lowest BCUT2D eigenvalue weighted by Crippen LogP contribution is -2.14. The lowest BCUT2D eigenvalue weighted by Gasteiger charge is -2.11. The summed E-state index contributed by atoms with van der Waals surface area (Å²) in [5, 5.41) is 0. The Hall–Kier alpha value is -1.26. The van der Waals surface area contributed by atoms with Crippen LogP contribution in [-0.4, -0.2) is 4.98 Å². The monoisotopic (exact) mass is 294 g/mol. The van der Waals surface area contributed by atoms with Crippen molar-refractivity contribution < 1.29 is 4.39 Å². The highest BCUT2D eigenvalue weighted by Crippen LogP contribution is 2.20. The molecule has 1 unspecified atom stereocenters. The van der Waals surface area contributed by atoms with E-state index in [9.17, 15) is 4.39 Å². The van der Waals surface area contributed by atoms with Crippen molar-refractivity contribution in [3.63, 3.8) is 0 Å². The summed E-state index contributed by atoms with van der Waals surface area (Å²) in [7, 11) is 0. The van der Waals surface area contributed by atoms with Crippen LogP contribution in [0.3, 0.4) is 0 Å². The van der Waals surface area contributed by atoms with Crippen molar-refractivity contribution in [1.29, 1.82) is 0 Å². The molecular formula is C13H12BrFN2. The Balaban J connectivity index is 2.13. The molecule has 2 N–H and O–H groups in total.